The van der Waals surface area contributed by atoms with Crippen LogP contribution < -0.4 is 5.32 Å². The Morgan fingerprint density at radius 2 is 1.71 bits per heavy atom. The molecule has 1 saturated carbocycles. The van der Waals surface area contributed by atoms with E-state index in [4.69, 9.17) is 0 Å². The highest BCUT2D eigenvalue weighted by molar-refractivity contribution is 7.91. The molecule has 0 amide bonds. The third-order valence-corrected chi connectivity index (χ3v) is 5.28. The second kappa shape index (κ2) is 6.74. The Hall–Kier alpha value is -0.0900. The molecule has 1 unspecified atom stereocenters. The summed E-state index contributed by atoms with van der Waals surface area (Å²) >= 11 is 0. The van der Waals surface area contributed by atoms with Gasteiger partial charge in [-0.05, 0) is 31.2 Å². The van der Waals surface area contributed by atoms with Gasteiger partial charge in [0.05, 0.1) is 5.25 Å². The van der Waals surface area contributed by atoms with Crippen LogP contribution in [0.2, 0.25) is 0 Å². The highest BCUT2D eigenvalue weighted by atomic mass is 32.2. The summed E-state index contributed by atoms with van der Waals surface area (Å²) in [5, 5.41) is 3.13. The van der Waals surface area contributed by atoms with E-state index in [-0.39, 0.29) is 5.25 Å². The number of hydrogen-bond acceptors (Lipinski definition) is 3. The third kappa shape index (κ3) is 5.38. The van der Waals surface area contributed by atoms with Gasteiger partial charge in [-0.15, -0.1) is 0 Å². The van der Waals surface area contributed by atoms with Crippen LogP contribution in [-0.4, -0.2) is 33.0 Å². The second-order valence-corrected chi connectivity index (χ2v) is 8.08. The summed E-state index contributed by atoms with van der Waals surface area (Å²) in [7, 11) is -2.92. The second-order valence-electron chi connectivity index (χ2n) is 5.82. The maximum atomic E-state index is 11.9. The van der Waals surface area contributed by atoms with Crippen LogP contribution >= 0.6 is 0 Å². The summed E-state index contributed by atoms with van der Waals surface area (Å²) in [6.45, 7) is 5.81. The lowest BCUT2D eigenvalue weighted by atomic mass is 9.86. The summed E-state index contributed by atoms with van der Waals surface area (Å²) in [6, 6.07) is 0. The van der Waals surface area contributed by atoms with Gasteiger partial charge in [0.1, 0.15) is 0 Å². The molecule has 0 aromatic heterocycles. The lowest BCUT2D eigenvalue weighted by Crippen LogP contribution is -2.40. The first-order valence-corrected chi connectivity index (χ1v) is 8.76. The van der Waals surface area contributed by atoms with Gasteiger partial charge in [0.2, 0.25) is 0 Å². The molecule has 0 radical (unpaired) electrons. The molecule has 0 aliphatic heterocycles. The van der Waals surface area contributed by atoms with E-state index in [1.54, 1.807) is 0 Å². The number of hydrogen-bond donors (Lipinski definition) is 1. The van der Waals surface area contributed by atoms with Gasteiger partial charge in [0, 0.05) is 12.8 Å². The lowest BCUT2D eigenvalue weighted by Gasteiger charge is -2.29. The molecule has 0 bridgehead atoms. The van der Waals surface area contributed by atoms with Crippen LogP contribution in [-0.2, 0) is 9.84 Å². The van der Waals surface area contributed by atoms with Crippen molar-refractivity contribution in [2.45, 2.75) is 51.2 Å². The Balaban J connectivity index is 2.54. The summed E-state index contributed by atoms with van der Waals surface area (Å²) in [4.78, 5) is 0. The zero-order chi connectivity index (χ0) is 12.9. The van der Waals surface area contributed by atoms with Crippen LogP contribution in [0.1, 0.15) is 46.0 Å². The summed E-state index contributed by atoms with van der Waals surface area (Å²) < 4.78 is 23.7. The van der Waals surface area contributed by atoms with E-state index in [2.05, 4.69) is 19.2 Å². The van der Waals surface area contributed by atoms with E-state index < -0.39 is 9.84 Å². The van der Waals surface area contributed by atoms with Gasteiger partial charge in [-0.1, -0.05) is 33.1 Å². The van der Waals surface area contributed by atoms with Crippen molar-refractivity contribution in [3.63, 3.8) is 0 Å². The minimum absolute atomic E-state index is 0.179. The molecule has 1 fully saturated rings. The SMILES string of the molecule is CC(C)CNCC(C1CCCCC1)S(C)(=O)=O. The number of sulfone groups is 1. The summed E-state index contributed by atoms with van der Waals surface area (Å²) in [5.74, 6) is 0.944. The van der Waals surface area contributed by atoms with Crippen molar-refractivity contribution in [1.82, 2.24) is 5.32 Å². The average molecular weight is 261 g/mol. The third-order valence-electron chi connectivity index (χ3n) is 3.62. The molecule has 3 nitrogen and oxygen atoms in total. The largest absolute Gasteiger partial charge is 0.315 e. The summed E-state index contributed by atoms with van der Waals surface area (Å²) in [6.07, 6.45) is 7.22. The quantitative estimate of drug-likeness (QED) is 0.797. The smallest absolute Gasteiger partial charge is 0.151 e. The van der Waals surface area contributed by atoms with E-state index in [1.807, 2.05) is 0 Å². The minimum Gasteiger partial charge on any atom is -0.315 e. The monoisotopic (exact) mass is 261 g/mol. The molecule has 102 valence electrons. The fourth-order valence-corrected chi connectivity index (χ4v) is 4.08. The molecule has 0 saturated heterocycles. The standard InChI is InChI=1S/C13H27NO2S/c1-11(2)9-14-10-13(17(3,15)16)12-7-5-4-6-8-12/h11-14H,4-10H2,1-3H3. The van der Waals surface area contributed by atoms with Crippen molar-refractivity contribution >= 4 is 9.84 Å². The highest BCUT2D eigenvalue weighted by Gasteiger charge is 2.30. The molecule has 0 aromatic carbocycles. The van der Waals surface area contributed by atoms with Crippen molar-refractivity contribution < 1.29 is 8.42 Å². The summed E-state index contributed by atoms with van der Waals surface area (Å²) in [5.41, 5.74) is 0. The Morgan fingerprint density at radius 3 is 2.18 bits per heavy atom. The number of rotatable bonds is 6. The molecule has 0 spiro atoms. The van der Waals surface area contributed by atoms with E-state index in [9.17, 15) is 8.42 Å². The zero-order valence-corrected chi connectivity index (χ0v) is 12.2. The first-order chi connectivity index (χ1) is 7.91. The van der Waals surface area contributed by atoms with Crippen LogP contribution in [0.15, 0.2) is 0 Å². The minimum atomic E-state index is -2.92. The zero-order valence-electron chi connectivity index (χ0n) is 11.4. The molecule has 0 aromatic rings. The molecule has 1 rings (SSSR count). The fourth-order valence-electron chi connectivity index (χ4n) is 2.69. The van der Waals surface area contributed by atoms with Gasteiger partial charge in [-0.2, -0.15) is 0 Å². The van der Waals surface area contributed by atoms with Crippen molar-refractivity contribution in [1.29, 1.82) is 0 Å². The lowest BCUT2D eigenvalue weighted by molar-refractivity contribution is 0.332. The van der Waals surface area contributed by atoms with Crippen LogP contribution in [0.5, 0.6) is 0 Å². The van der Waals surface area contributed by atoms with Gasteiger partial charge in [-0.25, -0.2) is 8.42 Å². The normalized spacial score (nSPS) is 20.7. The van der Waals surface area contributed by atoms with Gasteiger partial charge in [0.15, 0.2) is 9.84 Å². The van der Waals surface area contributed by atoms with Crippen molar-refractivity contribution in [2.75, 3.05) is 19.3 Å². The van der Waals surface area contributed by atoms with Gasteiger partial charge in [0.25, 0.3) is 0 Å². The molecule has 0 heterocycles. The number of nitrogens with one attached hydrogen (secondary N) is 1. The fraction of sp³-hybridized carbons (Fsp3) is 1.00. The average Bonchev–Trinajstić information content (AvgIpc) is 2.23. The predicted molar refractivity (Wildman–Crippen MR) is 72.9 cm³/mol. The van der Waals surface area contributed by atoms with E-state index in [0.717, 1.165) is 19.4 Å². The first-order valence-electron chi connectivity index (χ1n) is 6.81. The molecule has 1 aliphatic rings. The molecule has 17 heavy (non-hydrogen) atoms. The molecule has 1 N–H and O–H groups in total. The van der Waals surface area contributed by atoms with E-state index >= 15 is 0 Å². The molecule has 4 heteroatoms. The van der Waals surface area contributed by atoms with E-state index in [1.165, 1.54) is 25.5 Å². The Morgan fingerprint density at radius 1 is 1.12 bits per heavy atom. The molecular weight excluding hydrogens is 234 g/mol. The van der Waals surface area contributed by atoms with Gasteiger partial charge in [-0.3, -0.25) is 0 Å². The topological polar surface area (TPSA) is 46.2 Å². The predicted octanol–water partition coefficient (Wildman–Crippen LogP) is 2.23. The highest BCUT2D eigenvalue weighted by Crippen LogP contribution is 2.29. The maximum Gasteiger partial charge on any atom is 0.151 e. The van der Waals surface area contributed by atoms with E-state index in [0.29, 0.717) is 18.4 Å². The van der Waals surface area contributed by atoms with Gasteiger partial charge < -0.3 is 5.32 Å². The van der Waals surface area contributed by atoms with Crippen LogP contribution in [0.25, 0.3) is 0 Å². The van der Waals surface area contributed by atoms with Crippen LogP contribution in [0.3, 0.4) is 0 Å². The van der Waals surface area contributed by atoms with Crippen molar-refractivity contribution in [3.05, 3.63) is 0 Å². The van der Waals surface area contributed by atoms with Gasteiger partial charge >= 0.3 is 0 Å². The van der Waals surface area contributed by atoms with Crippen LogP contribution in [0.4, 0.5) is 0 Å². The molecule has 1 aliphatic carbocycles. The molecule has 1 atom stereocenters. The van der Waals surface area contributed by atoms with Crippen LogP contribution in [0, 0.1) is 11.8 Å². The van der Waals surface area contributed by atoms with Crippen molar-refractivity contribution in [3.8, 4) is 0 Å². The Bertz CT molecular complexity index is 305. The Labute approximate surface area is 106 Å². The first kappa shape index (κ1) is 15.0. The Kier molecular flexibility index (Phi) is 5.93. The molecular formula is C13H27NO2S. The van der Waals surface area contributed by atoms with Crippen molar-refractivity contribution in [2.24, 2.45) is 11.8 Å². The maximum absolute atomic E-state index is 11.9.